The summed E-state index contributed by atoms with van der Waals surface area (Å²) in [6, 6.07) is -0.640. The highest BCUT2D eigenvalue weighted by Crippen LogP contribution is 1.95. The van der Waals surface area contributed by atoms with Crippen molar-refractivity contribution in [2.45, 2.75) is 6.92 Å². The Balaban J connectivity index is 4.28. The Kier molecular flexibility index (Phi) is 7.45. The lowest BCUT2D eigenvalue weighted by Crippen LogP contribution is -2.47. The van der Waals surface area contributed by atoms with Gasteiger partial charge in [-0.05, 0) is 5.92 Å². The average molecular weight is 261 g/mol. The van der Waals surface area contributed by atoms with Crippen LogP contribution in [0.4, 0.5) is 4.79 Å². The van der Waals surface area contributed by atoms with Crippen LogP contribution in [0.2, 0.25) is 0 Å². The Morgan fingerprint density at radius 2 is 2.00 bits per heavy atom. The van der Waals surface area contributed by atoms with Crippen LogP contribution in [0.15, 0.2) is 0 Å². The second-order valence-electron chi connectivity index (χ2n) is 3.96. The van der Waals surface area contributed by atoms with Crippen LogP contribution in [0.25, 0.3) is 0 Å². The molecule has 0 aromatic heterocycles. The quantitative estimate of drug-likeness (QED) is 0.509. The van der Waals surface area contributed by atoms with Gasteiger partial charge in [-0.3, -0.25) is 9.59 Å². The van der Waals surface area contributed by atoms with Crippen molar-refractivity contribution >= 4 is 17.9 Å². The van der Waals surface area contributed by atoms with Crippen molar-refractivity contribution in [3.8, 4) is 0 Å². The van der Waals surface area contributed by atoms with Gasteiger partial charge in [0, 0.05) is 13.7 Å². The lowest BCUT2D eigenvalue weighted by atomic mass is 10.2. The van der Waals surface area contributed by atoms with E-state index in [9.17, 15) is 14.4 Å². The summed E-state index contributed by atoms with van der Waals surface area (Å²) in [7, 11) is 1.54. The third kappa shape index (κ3) is 7.44. The summed E-state index contributed by atoms with van der Waals surface area (Å²) < 4.78 is 4.89. The van der Waals surface area contributed by atoms with Gasteiger partial charge in [0.2, 0.25) is 5.91 Å². The zero-order valence-corrected chi connectivity index (χ0v) is 10.5. The lowest BCUT2D eigenvalue weighted by molar-refractivity contribution is -0.137. The number of carboxylic acid groups (broad SMARTS) is 1. The molecule has 0 fully saturated rings. The van der Waals surface area contributed by atoms with E-state index in [1.807, 2.05) is 6.92 Å². The van der Waals surface area contributed by atoms with Gasteiger partial charge < -0.3 is 25.8 Å². The van der Waals surface area contributed by atoms with Crippen LogP contribution in [0.3, 0.4) is 0 Å². The first-order valence-electron chi connectivity index (χ1n) is 5.38. The molecule has 0 saturated carbocycles. The van der Waals surface area contributed by atoms with Crippen LogP contribution < -0.4 is 11.1 Å². The van der Waals surface area contributed by atoms with Gasteiger partial charge in [0.25, 0.3) is 0 Å². The Bertz CT molecular complexity index is 292. The van der Waals surface area contributed by atoms with Crippen LogP contribution in [0.1, 0.15) is 6.92 Å². The molecule has 0 rings (SSSR count). The van der Waals surface area contributed by atoms with Crippen LogP contribution in [-0.2, 0) is 14.3 Å². The molecule has 0 spiro atoms. The zero-order chi connectivity index (χ0) is 14.1. The minimum absolute atomic E-state index is 0.0826. The summed E-state index contributed by atoms with van der Waals surface area (Å²) in [4.78, 5) is 33.7. The number of carboxylic acids is 1. The SMILES string of the molecule is COCC(C)CNC(=O)N(CC(N)=O)CC(=O)O. The molecule has 0 aromatic carbocycles. The molecular weight excluding hydrogens is 242 g/mol. The van der Waals surface area contributed by atoms with Gasteiger partial charge in [0.1, 0.15) is 13.1 Å². The standard InChI is InChI=1S/C10H19N3O5/c1-7(6-18-2)3-12-10(17)13(4-8(11)14)5-9(15)16/h7H,3-6H2,1-2H3,(H2,11,14)(H,12,17)(H,15,16). The molecule has 18 heavy (non-hydrogen) atoms. The number of primary amides is 1. The fraction of sp³-hybridized carbons (Fsp3) is 0.700. The van der Waals surface area contributed by atoms with E-state index < -0.39 is 31.0 Å². The van der Waals surface area contributed by atoms with E-state index in [2.05, 4.69) is 5.32 Å². The van der Waals surface area contributed by atoms with E-state index in [1.54, 1.807) is 7.11 Å². The van der Waals surface area contributed by atoms with Gasteiger partial charge in [-0.15, -0.1) is 0 Å². The number of urea groups is 1. The van der Waals surface area contributed by atoms with Crippen LogP contribution in [0.5, 0.6) is 0 Å². The molecule has 0 heterocycles. The summed E-state index contributed by atoms with van der Waals surface area (Å²) in [5, 5.41) is 11.1. The maximum Gasteiger partial charge on any atom is 0.323 e. The molecule has 4 N–H and O–H groups in total. The Morgan fingerprint density at radius 3 is 2.44 bits per heavy atom. The van der Waals surface area contributed by atoms with E-state index in [1.165, 1.54) is 0 Å². The third-order valence-corrected chi connectivity index (χ3v) is 2.01. The number of carbonyl (C=O) groups is 3. The smallest absolute Gasteiger partial charge is 0.323 e. The Hall–Kier alpha value is -1.83. The summed E-state index contributed by atoms with van der Waals surface area (Å²) in [6.07, 6.45) is 0. The number of carbonyl (C=O) groups excluding carboxylic acids is 2. The van der Waals surface area contributed by atoms with E-state index >= 15 is 0 Å². The first kappa shape index (κ1) is 16.2. The molecule has 0 bridgehead atoms. The second-order valence-corrected chi connectivity index (χ2v) is 3.96. The molecule has 1 atom stereocenters. The number of nitrogens with zero attached hydrogens (tertiary/aromatic N) is 1. The van der Waals surface area contributed by atoms with Crippen molar-refractivity contribution in [2.75, 3.05) is 33.4 Å². The Morgan fingerprint density at radius 1 is 1.39 bits per heavy atom. The fourth-order valence-electron chi connectivity index (χ4n) is 1.27. The number of hydrogen-bond donors (Lipinski definition) is 3. The average Bonchev–Trinajstić information content (AvgIpc) is 2.24. The number of methoxy groups -OCH3 is 1. The molecule has 0 saturated heterocycles. The van der Waals surface area contributed by atoms with E-state index in [0.29, 0.717) is 13.2 Å². The van der Waals surface area contributed by atoms with Gasteiger partial charge in [-0.2, -0.15) is 0 Å². The maximum atomic E-state index is 11.6. The number of nitrogens with two attached hydrogens (primary N) is 1. The number of nitrogens with one attached hydrogen (secondary N) is 1. The third-order valence-electron chi connectivity index (χ3n) is 2.01. The summed E-state index contributed by atoms with van der Waals surface area (Å²) >= 11 is 0. The minimum atomic E-state index is -1.21. The maximum absolute atomic E-state index is 11.6. The molecular formula is C10H19N3O5. The first-order valence-corrected chi connectivity index (χ1v) is 5.38. The number of rotatable bonds is 8. The summed E-state index contributed by atoms with van der Waals surface area (Å²) in [6.45, 7) is 1.64. The predicted octanol–water partition coefficient (Wildman–Crippen LogP) is -1.15. The number of ether oxygens (including phenoxy) is 1. The topological polar surface area (TPSA) is 122 Å². The predicted molar refractivity (Wildman–Crippen MR) is 62.8 cm³/mol. The monoisotopic (exact) mass is 261 g/mol. The highest BCUT2D eigenvalue weighted by Gasteiger charge is 2.18. The fourth-order valence-corrected chi connectivity index (χ4v) is 1.27. The Labute approximate surface area is 105 Å². The van der Waals surface area contributed by atoms with E-state index in [0.717, 1.165) is 4.90 Å². The molecule has 0 radical (unpaired) electrons. The van der Waals surface area contributed by atoms with Crippen molar-refractivity contribution in [1.29, 1.82) is 0 Å². The molecule has 0 aliphatic rings. The second kappa shape index (κ2) is 8.29. The van der Waals surface area contributed by atoms with Gasteiger partial charge in [0.05, 0.1) is 6.61 Å². The molecule has 0 aromatic rings. The van der Waals surface area contributed by atoms with Gasteiger partial charge in [-0.25, -0.2) is 4.79 Å². The van der Waals surface area contributed by atoms with Crippen molar-refractivity contribution in [1.82, 2.24) is 10.2 Å². The molecule has 8 nitrogen and oxygen atoms in total. The molecule has 1 unspecified atom stereocenters. The van der Waals surface area contributed by atoms with Crippen molar-refractivity contribution in [3.05, 3.63) is 0 Å². The normalized spacial score (nSPS) is 11.7. The van der Waals surface area contributed by atoms with Crippen molar-refractivity contribution in [2.24, 2.45) is 11.7 Å². The highest BCUT2D eigenvalue weighted by molar-refractivity contribution is 5.85. The lowest BCUT2D eigenvalue weighted by Gasteiger charge is -2.20. The van der Waals surface area contributed by atoms with Crippen LogP contribution in [-0.4, -0.2) is 61.3 Å². The molecule has 3 amide bonds. The highest BCUT2D eigenvalue weighted by atomic mass is 16.5. The van der Waals surface area contributed by atoms with Gasteiger partial charge in [-0.1, -0.05) is 6.92 Å². The molecule has 104 valence electrons. The summed E-state index contributed by atoms with van der Waals surface area (Å²) in [5.74, 6) is -1.90. The zero-order valence-electron chi connectivity index (χ0n) is 10.5. The molecule has 8 heteroatoms. The number of aliphatic carboxylic acids is 1. The van der Waals surface area contributed by atoms with Crippen molar-refractivity contribution in [3.63, 3.8) is 0 Å². The number of amides is 3. The largest absolute Gasteiger partial charge is 0.480 e. The minimum Gasteiger partial charge on any atom is -0.480 e. The van der Waals surface area contributed by atoms with E-state index in [-0.39, 0.29) is 5.92 Å². The van der Waals surface area contributed by atoms with Crippen LogP contribution in [0, 0.1) is 5.92 Å². The van der Waals surface area contributed by atoms with Crippen molar-refractivity contribution < 1.29 is 24.2 Å². The van der Waals surface area contributed by atoms with Gasteiger partial charge in [0.15, 0.2) is 0 Å². The first-order chi connectivity index (χ1) is 8.36. The molecule has 0 aliphatic carbocycles. The summed E-state index contributed by atoms with van der Waals surface area (Å²) in [5.41, 5.74) is 4.94. The molecule has 0 aliphatic heterocycles. The number of hydrogen-bond acceptors (Lipinski definition) is 4. The van der Waals surface area contributed by atoms with Crippen LogP contribution >= 0.6 is 0 Å². The van der Waals surface area contributed by atoms with E-state index in [4.69, 9.17) is 15.6 Å². The van der Waals surface area contributed by atoms with Gasteiger partial charge >= 0.3 is 12.0 Å².